The van der Waals surface area contributed by atoms with Crippen molar-refractivity contribution in [3.05, 3.63) is 29.3 Å². The summed E-state index contributed by atoms with van der Waals surface area (Å²) in [5.74, 6) is -0.693. The van der Waals surface area contributed by atoms with Crippen molar-refractivity contribution in [3.63, 3.8) is 0 Å². The van der Waals surface area contributed by atoms with E-state index in [0.717, 1.165) is 6.54 Å². The molecule has 2 fully saturated rings. The third-order valence-electron chi connectivity index (χ3n) is 6.08. The third kappa shape index (κ3) is 3.70. The van der Waals surface area contributed by atoms with Gasteiger partial charge in [0, 0.05) is 37.3 Å². The van der Waals surface area contributed by atoms with E-state index in [4.69, 9.17) is 0 Å². The van der Waals surface area contributed by atoms with Gasteiger partial charge in [-0.2, -0.15) is 0 Å². The molecule has 0 spiro atoms. The number of aryl methyl sites for hydroxylation is 1. The summed E-state index contributed by atoms with van der Waals surface area (Å²) < 4.78 is 0. The minimum absolute atomic E-state index is 0.0302. The van der Waals surface area contributed by atoms with Crippen LogP contribution < -0.4 is 15.5 Å². The molecule has 2 N–H and O–H groups in total. The molecule has 2 unspecified atom stereocenters. The van der Waals surface area contributed by atoms with E-state index >= 15 is 0 Å². The van der Waals surface area contributed by atoms with Crippen LogP contribution >= 0.6 is 0 Å². The minimum Gasteiger partial charge on any atom is -0.365 e. The fourth-order valence-corrected chi connectivity index (χ4v) is 4.30. The summed E-state index contributed by atoms with van der Waals surface area (Å²) in [5, 5.41) is 4.89. The van der Waals surface area contributed by atoms with Gasteiger partial charge in [-0.05, 0) is 51.3 Å². The Morgan fingerprint density at radius 2 is 2.00 bits per heavy atom. The van der Waals surface area contributed by atoms with Crippen molar-refractivity contribution < 1.29 is 14.4 Å². The monoisotopic (exact) mass is 386 g/mol. The largest absolute Gasteiger partial charge is 0.365 e. The van der Waals surface area contributed by atoms with E-state index in [0.29, 0.717) is 13.1 Å². The van der Waals surface area contributed by atoms with Crippen LogP contribution in [0.1, 0.15) is 38.3 Å². The SMILES string of the molecule is Cc1cccc(N2CCN(C(=O)C(C)CC3(C)NC(=O)NC3=O)C[C@@H]2C)c1C. The van der Waals surface area contributed by atoms with E-state index in [1.165, 1.54) is 16.8 Å². The molecule has 3 rings (SSSR count). The number of benzene rings is 1. The van der Waals surface area contributed by atoms with Crippen molar-refractivity contribution in [1.82, 2.24) is 15.5 Å². The molecule has 1 aromatic carbocycles. The van der Waals surface area contributed by atoms with Crippen molar-refractivity contribution >= 4 is 23.5 Å². The van der Waals surface area contributed by atoms with E-state index < -0.39 is 11.6 Å². The van der Waals surface area contributed by atoms with E-state index in [2.05, 4.69) is 54.5 Å². The molecular formula is C21H30N4O3. The molecule has 0 saturated carbocycles. The topological polar surface area (TPSA) is 81.8 Å². The standard InChI is InChI=1S/C21H30N4O3/c1-13-7-6-8-17(16(13)4)25-10-9-24(12-15(25)3)18(26)14(2)11-21(5)19(27)22-20(28)23-21/h6-8,14-15H,9-12H2,1-5H3,(H2,22,23,27,28)/t14?,15-,21?/m0/s1. The number of piperazine rings is 1. The predicted octanol–water partition coefficient (Wildman–Crippen LogP) is 1.96. The summed E-state index contributed by atoms with van der Waals surface area (Å²) in [7, 11) is 0. The molecule has 28 heavy (non-hydrogen) atoms. The summed E-state index contributed by atoms with van der Waals surface area (Å²) in [6.45, 7) is 11.9. The van der Waals surface area contributed by atoms with Crippen molar-refractivity contribution in [2.24, 2.45) is 5.92 Å². The van der Waals surface area contributed by atoms with Crippen LogP contribution in [0.3, 0.4) is 0 Å². The maximum atomic E-state index is 13.0. The predicted molar refractivity (Wildman–Crippen MR) is 108 cm³/mol. The second-order valence-corrected chi connectivity index (χ2v) is 8.39. The molecule has 2 heterocycles. The average molecular weight is 386 g/mol. The fraction of sp³-hybridized carbons (Fsp3) is 0.571. The number of anilines is 1. The van der Waals surface area contributed by atoms with Crippen LogP contribution in [0.4, 0.5) is 10.5 Å². The molecule has 2 aliphatic rings. The number of amides is 4. The Hall–Kier alpha value is -2.57. The number of hydrogen-bond acceptors (Lipinski definition) is 4. The number of nitrogens with one attached hydrogen (secondary N) is 2. The second-order valence-electron chi connectivity index (χ2n) is 8.39. The summed E-state index contributed by atoms with van der Waals surface area (Å²) in [6.07, 6.45) is 0.287. The van der Waals surface area contributed by atoms with E-state index in [1.807, 2.05) is 11.8 Å². The molecule has 2 saturated heterocycles. The van der Waals surface area contributed by atoms with E-state index in [1.54, 1.807) is 6.92 Å². The lowest BCUT2D eigenvalue weighted by Crippen LogP contribution is -2.56. The van der Waals surface area contributed by atoms with Gasteiger partial charge < -0.3 is 15.1 Å². The number of hydrogen-bond donors (Lipinski definition) is 2. The molecule has 2 aliphatic heterocycles. The van der Waals surface area contributed by atoms with Gasteiger partial charge in [-0.3, -0.25) is 14.9 Å². The number of carbonyl (C=O) groups is 3. The minimum atomic E-state index is -1.03. The quantitative estimate of drug-likeness (QED) is 0.775. The lowest BCUT2D eigenvalue weighted by Gasteiger charge is -2.43. The molecular weight excluding hydrogens is 356 g/mol. The highest BCUT2D eigenvalue weighted by Crippen LogP contribution is 2.28. The number of nitrogens with zero attached hydrogens (tertiary/aromatic N) is 2. The molecule has 0 radical (unpaired) electrons. The summed E-state index contributed by atoms with van der Waals surface area (Å²) in [4.78, 5) is 40.7. The van der Waals surface area contributed by atoms with Crippen LogP contribution in [0.2, 0.25) is 0 Å². The van der Waals surface area contributed by atoms with Crippen molar-refractivity contribution in [1.29, 1.82) is 0 Å². The molecule has 4 amide bonds. The summed E-state index contributed by atoms with van der Waals surface area (Å²) in [6, 6.07) is 6.04. The van der Waals surface area contributed by atoms with Gasteiger partial charge in [-0.1, -0.05) is 19.1 Å². The van der Waals surface area contributed by atoms with Gasteiger partial charge in [0.15, 0.2) is 0 Å². The fourth-order valence-electron chi connectivity index (χ4n) is 4.30. The summed E-state index contributed by atoms with van der Waals surface area (Å²) in [5.41, 5.74) is 2.74. The average Bonchev–Trinajstić information content (AvgIpc) is 2.88. The van der Waals surface area contributed by atoms with Crippen LogP contribution in [0.25, 0.3) is 0 Å². The van der Waals surface area contributed by atoms with E-state index in [9.17, 15) is 14.4 Å². The van der Waals surface area contributed by atoms with Crippen LogP contribution in [-0.2, 0) is 9.59 Å². The first-order valence-corrected chi connectivity index (χ1v) is 9.87. The number of carbonyl (C=O) groups excluding carboxylic acids is 3. The maximum absolute atomic E-state index is 13.0. The Morgan fingerprint density at radius 1 is 1.29 bits per heavy atom. The Morgan fingerprint density at radius 3 is 2.61 bits per heavy atom. The maximum Gasteiger partial charge on any atom is 0.322 e. The third-order valence-corrected chi connectivity index (χ3v) is 6.08. The number of imide groups is 1. The van der Waals surface area contributed by atoms with Crippen LogP contribution in [-0.4, -0.2) is 54.0 Å². The zero-order valence-corrected chi connectivity index (χ0v) is 17.3. The first-order chi connectivity index (χ1) is 13.1. The molecule has 0 aliphatic carbocycles. The van der Waals surface area contributed by atoms with Gasteiger partial charge >= 0.3 is 6.03 Å². The normalized spacial score (nSPS) is 26.1. The molecule has 1 aromatic rings. The van der Waals surface area contributed by atoms with Crippen LogP contribution in [0, 0.1) is 19.8 Å². The molecule has 152 valence electrons. The lowest BCUT2D eigenvalue weighted by atomic mass is 9.89. The zero-order chi connectivity index (χ0) is 20.6. The van der Waals surface area contributed by atoms with Gasteiger partial charge in [-0.25, -0.2) is 4.79 Å². The molecule has 3 atom stereocenters. The summed E-state index contributed by atoms with van der Waals surface area (Å²) >= 11 is 0. The first kappa shape index (κ1) is 20.2. The highest BCUT2D eigenvalue weighted by molar-refractivity contribution is 6.07. The van der Waals surface area contributed by atoms with Crippen molar-refractivity contribution in [2.75, 3.05) is 24.5 Å². The lowest BCUT2D eigenvalue weighted by molar-refractivity contribution is -0.137. The highest BCUT2D eigenvalue weighted by atomic mass is 16.2. The first-order valence-electron chi connectivity index (χ1n) is 9.87. The van der Waals surface area contributed by atoms with Gasteiger partial charge in [0.25, 0.3) is 5.91 Å². The van der Waals surface area contributed by atoms with Gasteiger partial charge in [0.2, 0.25) is 5.91 Å². The molecule has 7 nitrogen and oxygen atoms in total. The Kier molecular flexibility index (Phi) is 5.37. The smallest absolute Gasteiger partial charge is 0.322 e. The van der Waals surface area contributed by atoms with Crippen molar-refractivity contribution in [3.8, 4) is 0 Å². The number of rotatable bonds is 4. The van der Waals surface area contributed by atoms with Crippen LogP contribution in [0.15, 0.2) is 18.2 Å². The second kappa shape index (κ2) is 7.45. The molecule has 0 aromatic heterocycles. The Balaban J connectivity index is 1.65. The van der Waals surface area contributed by atoms with E-state index in [-0.39, 0.29) is 30.2 Å². The molecule has 7 heteroatoms. The van der Waals surface area contributed by atoms with Gasteiger partial charge in [0.1, 0.15) is 5.54 Å². The highest BCUT2D eigenvalue weighted by Gasteiger charge is 2.44. The van der Waals surface area contributed by atoms with Gasteiger partial charge in [-0.15, -0.1) is 0 Å². The Labute approximate surface area is 166 Å². The Bertz CT molecular complexity index is 809. The zero-order valence-electron chi connectivity index (χ0n) is 17.3. The van der Waals surface area contributed by atoms with Crippen molar-refractivity contribution in [2.45, 2.75) is 52.6 Å². The van der Waals surface area contributed by atoms with Crippen LogP contribution in [0.5, 0.6) is 0 Å². The number of urea groups is 1. The molecule has 0 bridgehead atoms. The van der Waals surface area contributed by atoms with Gasteiger partial charge in [0.05, 0.1) is 0 Å².